The molecule has 84 valence electrons. The fourth-order valence-corrected chi connectivity index (χ4v) is 1.28. The van der Waals surface area contributed by atoms with E-state index in [1.165, 1.54) is 0 Å². The van der Waals surface area contributed by atoms with Crippen molar-refractivity contribution in [1.29, 1.82) is 0 Å². The van der Waals surface area contributed by atoms with Crippen molar-refractivity contribution in [2.24, 2.45) is 0 Å². The van der Waals surface area contributed by atoms with Crippen LogP contribution in [0.25, 0.3) is 0 Å². The molecule has 0 aromatic heterocycles. The Hall–Kier alpha value is -1.26. The van der Waals surface area contributed by atoms with Gasteiger partial charge in [0.25, 0.3) is 0 Å². The van der Waals surface area contributed by atoms with E-state index >= 15 is 0 Å². The van der Waals surface area contributed by atoms with Gasteiger partial charge in [-0.3, -0.25) is 0 Å². The van der Waals surface area contributed by atoms with Gasteiger partial charge in [-0.05, 0) is 12.1 Å². The molecule has 0 bridgehead atoms. The van der Waals surface area contributed by atoms with E-state index in [0.29, 0.717) is 13.2 Å². The molecule has 1 aromatic carbocycles. The lowest BCUT2D eigenvalue weighted by Crippen LogP contribution is -2.26. The Balaban J connectivity index is 2.45. The summed E-state index contributed by atoms with van der Waals surface area (Å²) < 4.78 is 10.2. The first-order valence-corrected chi connectivity index (χ1v) is 4.88. The maximum absolute atomic E-state index is 5.79. The molecule has 3 N–H and O–H groups in total. The Morgan fingerprint density at radius 1 is 1.33 bits per heavy atom. The molecule has 4 nitrogen and oxygen atoms in total. The molecule has 0 radical (unpaired) electrons. The van der Waals surface area contributed by atoms with Crippen molar-refractivity contribution in [2.75, 3.05) is 38.4 Å². The van der Waals surface area contributed by atoms with Gasteiger partial charge in [-0.1, -0.05) is 12.1 Å². The Morgan fingerprint density at radius 3 is 2.67 bits per heavy atom. The Morgan fingerprint density at radius 2 is 2.07 bits per heavy atom. The highest BCUT2D eigenvalue weighted by molar-refractivity contribution is 5.65. The van der Waals surface area contributed by atoms with Crippen LogP contribution in [0, 0.1) is 0 Å². The molecule has 0 aliphatic carbocycles. The van der Waals surface area contributed by atoms with Gasteiger partial charge in [0, 0.05) is 20.8 Å². The van der Waals surface area contributed by atoms with Gasteiger partial charge in [-0.25, -0.2) is 0 Å². The molecule has 1 atom stereocenters. The molecule has 0 aliphatic rings. The molecule has 0 spiro atoms. The summed E-state index contributed by atoms with van der Waals surface area (Å²) in [4.78, 5) is 0. The van der Waals surface area contributed by atoms with Crippen LogP contribution in [0.5, 0.6) is 0 Å². The van der Waals surface area contributed by atoms with E-state index in [4.69, 9.17) is 15.2 Å². The molecule has 0 saturated carbocycles. The van der Waals surface area contributed by atoms with E-state index in [1.807, 2.05) is 24.3 Å². The molecular formula is C11H18N2O2. The fraction of sp³-hybridized carbons (Fsp3) is 0.455. The number of rotatable bonds is 6. The van der Waals surface area contributed by atoms with Gasteiger partial charge in [-0.15, -0.1) is 0 Å². The van der Waals surface area contributed by atoms with E-state index in [-0.39, 0.29) is 6.10 Å². The first-order valence-electron chi connectivity index (χ1n) is 4.88. The van der Waals surface area contributed by atoms with Crippen LogP contribution in [0.1, 0.15) is 0 Å². The highest BCUT2D eigenvalue weighted by Gasteiger charge is 2.06. The van der Waals surface area contributed by atoms with Gasteiger partial charge in [-0.2, -0.15) is 0 Å². The maximum Gasteiger partial charge on any atom is 0.0976 e. The van der Waals surface area contributed by atoms with Crippen molar-refractivity contribution in [3.63, 3.8) is 0 Å². The van der Waals surface area contributed by atoms with Gasteiger partial charge < -0.3 is 20.5 Å². The summed E-state index contributed by atoms with van der Waals surface area (Å²) in [6.45, 7) is 1.24. The van der Waals surface area contributed by atoms with E-state index in [2.05, 4.69) is 5.32 Å². The minimum absolute atomic E-state index is 0.0367. The number of para-hydroxylation sites is 2. The van der Waals surface area contributed by atoms with Crippen molar-refractivity contribution < 1.29 is 9.47 Å². The fourth-order valence-electron chi connectivity index (χ4n) is 1.28. The number of hydrogen-bond donors (Lipinski definition) is 2. The van der Waals surface area contributed by atoms with Gasteiger partial charge >= 0.3 is 0 Å². The normalized spacial score (nSPS) is 12.4. The second kappa shape index (κ2) is 6.27. The summed E-state index contributed by atoms with van der Waals surface area (Å²) in [6, 6.07) is 7.65. The highest BCUT2D eigenvalue weighted by Crippen LogP contribution is 2.16. The molecule has 0 fully saturated rings. The lowest BCUT2D eigenvalue weighted by molar-refractivity contribution is 0.0366. The van der Waals surface area contributed by atoms with Gasteiger partial charge in [0.05, 0.1) is 24.1 Å². The van der Waals surface area contributed by atoms with Crippen LogP contribution in [-0.2, 0) is 9.47 Å². The predicted molar refractivity (Wildman–Crippen MR) is 62.0 cm³/mol. The molecule has 0 aliphatic heterocycles. The van der Waals surface area contributed by atoms with Crippen molar-refractivity contribution >= 4 is 11.4 Å². The summed E-state index contributed by atoms with van der Waals surface area (Å²) in [5.74, 6) is 0. The van der Waals surface area contributed by atoms with Crippen molar-refractivity contribution in [3.05, 3.63) is 24.3 Å². The number of nitrogens with one attached hydrogen (secondary N) is 1. The summed E-state index contributed by atoms with van der Waals surface area (Å²) >= 11 is 0. The second-order valence-corrected chi connectivity index (χ2v) is 3.28. The Labute approximate surface area is 90.4 Å². The molecule has 1 unspecified atom stereocenters. The second-order valence-electron chi connectivity index (χ2n) is 3.28. The van der Waals surface area contributed by atoms with Crippen LogP contribution in [0.4, 0.5) is 11.4 Å². The van der Waals surface area contributed by atoms with Crippen molar-refractivity contribution in [2.45, 2.75) is 6.10 Å². The van der Waals surface area contributed by atoms with Crippen LogP contribution in [0.2, 0.25) is 0 Å². The predicted octanol–water partition coefficient (Wildman–Crippen LogP) is 1.34. The third kappa shape index (κ3) is 3.77. The smallest absolute Gasteiger partial charge is 0.0976 e. The minimum atomic E-state index is 0.0367. The van der Waals surface area contributed by atoms with Crippen LogP contribution in [0.3, 0.4) is 0 Å². The van der Waals surface area contributed by atoms with Crippen LogP contribution >= 0.6 is 0 Å². The molecule has 1 aromatic rings. The van der Waals surface area contributed by atoms with Crippen LogP contribution in [0.15, 0.2) is 24.3 Å². The van der Waals surface area contributed by atoms with E-state index in [1.54, 1.807) is 14.2 Å². The summed E-state index contributed by atoms with van der Waals surface area (Å²) in [5, 5.41) is 3.22. The number of hydrogen-bond acceptors (Lipinski definition) is 4. The number of nitrogen functional groups attached to an aromatic ring is 1. The zero-order valence-corrected chi connectivity index (χ0v) is 9.19. The van der Waals surface area contributed by atoms with Crippen LogP contribution in [-0.4, -0.2) is 33.5 Å². The molecule has 15 heavy (non-hydrogen) atoms. The number of anilines is 2. The van der Waals surface area contributed by atoms with Crippen molar-refractivity contribution in [1.82, 2.24) is 0 Å². The molecular weight excluding hydrogens is 192 g/mol. The summed E-state index contributed by atoms with van der Waals surface area (Å²) in [5.41, 5.74) is 7.45. The van der Waals surface area contributed by atoms with E-state index < -0.39 is 0 Å². The van der Waals surface area contributed by atoms with Gasteiger partial charge in [0.15, 0.2) is 0 Å². The van der Waals surface area contributed by atoms with E-state index in [0.717, 1.165) is 11.4 Å². The molecule has 0 amide bonds. The topological polar surface area (TPSA) is 56.5 Å². The molecule has 4 heteroatoms. The SMILES string of the molecule is COCC(CNc1ccccc1N)OC. The summed E-state index contributed by atoms with van der Waals surface area (Å²) in [7, 11) is 3.32. The average Bonchev–Trinajstić information content (AvgIpc) is 2.26. The third-order valence-corrected chi connectivity index (χ3v) is 2.17. The van der Waals surface area contributed by atoms with Gasteiger partial charge in [0.2, 0.25) is 0 Å². The quantitative estimate of drug-likeness (QED) is 0.696. The Bertz CT molecular complexity index is 292. The minimum Gasteiger partial charge on any atom is -0.397 e. The maximum atomic E-state index is 5.79. The number of ether oxygens (including phenoxy) is 2. The highest BCUT2D eigenvalue weighted by atomic mass is 16.5. The standard InChI is InChI=1S/C11H18N2O2/c1-14-8-9(15-2)7-13-11-6-4-3-5-10(11)12/h3-6,9,13H,7-8,12H2,1-2H3. The lowest BCUT2D eigenvalue weighted by atomic mass is 10.2. The first-order chi connectivity index (χ1) is 7.27. The van der Waals surface area contributed by atoms with E-state index in [9.17, 15) is 0 Å². The first kappa shape index (κ1) is 11.8. The average molecular weight is 210 g/mol. The number of methoxy groups -OCH3 is 2. The molecule has 0 saturated heterocycles. The zero-order chi connectivity index (χ0) is 11.1. The summed E-state index contributed by atoms with van der Waals surface area (Å²) in [6.07, 6.45) is 0.0367. The lowest BCUT2D eigenvalue weighted by Gasteiger charge is -2.16. The molecule has 1 rings (SSSR count). The monoisotopic (exact) mass is 210 g/mol. The largest absolute Gasteiger partial charge is 0.397 e. The Kier molecular flexibility index (Phi) is 4.93. The zero-order valence-electron chi connectivity index (χ0n) is 9.19. The molecule has 0 heterocycles. The number of benzene rings is 1. The van der Waals surface area contributed by atoms with Gasteiger partial charge in [0.1, 0.15) is 0 Å². The van der Waals surface area contributed by atoms with Crippen molar-refractivity contribution in [3.8, 4) is 0 Å². The van der Waals surface area contributed by atoms with Crippen LogP contribution < -0.4 is 11.1 Å². The third-order valence-electron chi connectivity index (χ3n) is 2.17. The number of nitrogens with two attached hydrogens (primary N) is 1.